The number of amides is 1. The first kappa shape index (κ1) is 15.5. The van der Waals surface area contributed by atoms with Crippen LogP contribution in [0.15, 0.2) is 0 Å². The standard InChI is InChI=1S/C9H15F3N3O4S/c1-14-2-4-15(5-3-14,7(6-14)8(13)16)19-20(17,18)9(10,11)12/h7H,2-6H2,1H3,(H-,13,16)/q+1/p+1. The van der Waals surface area contributed by atoms with E-state index in [9.17, 15) is 26.4 Å². The Morgan fingerprint density at radius 3 is 2.15 bits per heavy atom. The van der Waals surface area contributed by atoms with Gasteiger partial charge >= 0.3 is 15.6 Å². The van der Waals surface area contributed by atoms with Crippen molar-refractivity contribution in [3.05, 3.63) is 0 Å². The van der Waals surface area contributed by atoms with Gasteiger partial charge in [-0.05, 0) is 0 Å². The summed E-state index contributed by atoms with van der Waals surface area (Å²) in [7, 11) is -3.92. The maximum Gasteiger partial charge on any atom is 0.528 e. The summed E-state index contributed by atoms with van der Waals surface area (Å²) in [5.74, 6) is -0.855. The van der Waals surface area contributed by atoms with Crippen LogP contribution in [0.4, 0.5) is 13.2 Å². The Balaban J connectivity index is 2.35. The molecule has 3 fully saturated rings. The fourth-order valence-corrected chi connectivity index (χ4v) is 3.52. The molecule has 0 spiro atoms. The van der Waals surface area contributed by atoms with Crippen LogP contribution >= 0.6 is 0 Å². The number of carbonyl (C=O) groups excluding carboxylic acids is 1. The Morgan fingerprint density at radius 2 is 1.75 bits per heavy atom. The number of hydroxylamine groups is 3. The fraction of sp³-hybridized carbons (Fsp3) is 0.889. The molecule has 0 radical (unpaired) electrons. The van der Waals surface area contributed by atoms with Gasteiger partial charge in [-0.3, -0.25) is 4.79 Å². The zero-order chi connectivity index (χ0) is 15.4. The highest BCUT2D eigenvalue weighted by molar-refractivity contribution is 7.87. The first-order chi connectivity index (χ1) is 8.91. The van der Waals surface area contributed by atoms with Gasteiger partial charge in [0.15, 0.2) is 13.1 Å². The number of likely N-dealkylation sites (N-methyl/N-ethyl adjacent to an activating group) is 1. The van der Waals surface area contributed by atoms with Crippen LogP contribution < -0.4 is 5.73 Å². The average Bonchev–Trinajstić information content (AvgIpc) is 2.28. The maximum absolute atomic E-state index is 12.5. The largest absolute Gasteiger partial charge is 0.528 e. The molecule has 0 aromatic rings. The highest BCUT2D eigenvalue weighted by Gasteiger charge is 2.63. The number of fused-ring (bicyclic) bond motifs is 3. The van der Waals surface area contributed by atoms with E-state index in [1.54, 1.807) is 0 Å². The van der Waals surface area contributed by atoms with E-state index in [0.29, 0.717) is 17.6 Å². The SMILES string of the molecule is C[N+]12CC[N+](OS(=O)(=O)C(F)(F)F)(CC1)C(C(N)=O)C2. The molecule has 0 aromatic heterocycles. The number of hydrogen-bond donors (Lipinski definition) is 1. The summed E-state index contributed by atoms with van der Waals surface area (Å²) in [5.41, 5.74) is -0.314. The van der Waals surface area contributed by atoms with Crippen molar-refractivity contribution in [2.24, 2.45) is 5.73 Å². The van der Waals surface area contributed by atoms with Crippen LogP contribution in [0.3, 0.4) is 0 Å². The van der Waals surface area contributed by atoms with Crippen LogP contribution in [-0.2, 0) is 19.2 Å². The van der Waals surface area contributed by atoms with Crippen molar-refractivity contribution < 1.29 is 39.8 Å². The Kier molecular flexibility index (Phi) is 3.32. The van der Waals surface area contributed by atoms with E-state index in [1.807, 2.05) is 7.05 Å². The van der Waals surface area contributed by atoms with Crippen molar-refractivity contribution in [2.75, 3.05) is 39.8 Å². The Bertz CT molecular complexity index is 525. The molecule has 11 heteroatoms. The minimum atomic E-state index is -5.77. The summed E-state index contributed by atoms with van der Waals surface area (Å²) >= 11 is 0. The maximum atomic E-state index is 12.5. The minimum absolute atomic E-state index is 0.000579. The van der Waals surface area contributed by atoms with Crippen molar-refractivity contribution in [3.8, 4) is 0 Å². The quantitative estimate of drug-likeness (QED) is 0.529. The second-order valence-corrected chi connectivity index (χ2v) is 7.06. The third kappa shape index (κ3) is 2.38. The zero-order valence-corrected chi connectivity index (χ0v) is 11.6. The highest BCUT2D eigenvalue weighted by atomic mass is 32.2. The number of nitrogens with zero attached hydrogens (tertiary/aromatic N) is 2. The van der Waals surface area contributed by atoms with Gasteiger partial charge in [-0.25, -0.2) is 0 Å². The van der Waals surface area contributed by atoms with Crippen molar-refractivity contribution in [3.63, 3.8) is 0 Å². The fourth-order valence-electron chi connectivity index (χ4n) is 2.79. The number of hydrogen-bond acceptors (Lipinski definition) is 4. The predicted octanol–water partition coefficient (Wildman–Crippen LogP) is -1.09. The number of carbonyl (C=O) groups is 1. The average molecular weight is 319 g/mol. The molecule has 0 saturated carbocycles. The smallest absolute Gasteiger partial charge is 0.364 e. The van der Waals surface area contributed by atoms with Crippen molar-refractivity contribution in [1.29, 1.82) is 0 Å². The monoisotopic (exact) mass is 319 g/mol. The summed E-state index contributed by atoms with van der Waals surface area (Å²) in [5, 5.41) is 0. The van der Waals surface area contributed by atoms with Gasteiger partial charge in [-0.2, -0.15) is 21.6 Å². The second kappa shape index (κ2) is 4.29. The van der Waals surface area contributed by atoms with Gasteiger partial charge in [0.1, 0.15) is 19.6 Å². The molecule has 3 heterocycles. The molecule has 0 aliphatic carbocycles. The first-order valence-corrected chi connectivity index (χ1v) is 7.34. The molecule has 3 aliphatic rings. The number of piperazine rings is 3. The Morgan fingerprint density at radius 1 is 1.25 bits per heavy atom. The topological polar surface area (TPSA) is 86.5 Å². The van der Waals surface area contributed by atoms with Gasteiger partial charge in [0, 0.05) is 0 Å². The molecule has 7 nitrogen and oxygen atoms in total. The predicted molar refractivity (Wildman–Crippen MR) is 59.8 cm³/mol. The zero-order valence-electron chi connectivity index (χ0n) is 10.8. The molecule has 0 aromatic carbocycles. The number of alkyl halides is 3. The first-order valence-electron chi connectivity index (χ1n) is 5.93. The van der Waals surface area contributed by atoms with E-state index in [0.717, 1.165) is 0 Å². The molecule has 1 amide bonds. The van der Waals surface area contributed by atoms with Crippen LogP contribution in [0.25, 0.3) is 0 Å². The van der Waals surface area contributed by atoms with E-state index in [4.69, 9.17) is 5.73 Å². The van der Waals surface area contributed by atoms with E-state index < -0.39 is 32.2 Å². The van der Waals surface area contributed by atoms with Gasteiger partial charge in [-0.15, -0.1) is 4.65 Å². The summed E-state index contributed by atoms with van der Waals surface area (Å²) in [4.78, 5) is 11.5. The third-order valence-electron chi connectivity index (χ3n) is 4.08. The summed E-state index contributed by atoms with van der Waals surface area (Å²) < 4.78 is 63.9. The third-order valence-corrected chi connectivity index (χ3v) is 5.14. The lowest BCUT2D eigenvalue weighted by molar-refractivity contribution is -1.17. The molecular weight excluding hydrogens is 303 g/mol. The lowest BCUT2D eigenvalue weighted by Gasteiger charge is -2.53. The number of rotatable bonds is 3. The molecule has 1 atom stereocenters. The van der Waals surface area contributed by atoms with Gasteiger partial charge < -0.3 is 10.2 Å². The molecule has 1 unspecified atom stereocenters. The number of primary amides is 1. The van der Waals surface area contributed by atoms with Crippen molar-refractivity contribution in [2.45, 2.75) is 11.6 Å². The molecule has 3 rings (SSSR count). The van der Waals surface area contributed by atoms with E-state index in [1.165, 1.54) is 0 Å². The summed E-state index contributed by atoms with van der Waals surface area (Å²) in [6.07, 6.45) is 0. The normalized spacial score (nSPS) is 37.9. The number of halogens is 3. The lowest BCUT2D eigenvalue weighted by atomic mass is 10.0. The Labute approximate surface area is 113 Å². The van der Waals surface area contributed by atoms with Gasteiger partial charge in [-0.1, -0.05) is 4.28 Å². The van der Waals surface area contributed by atoms with E-state index >= 15 is 0 Å². The number of quaternary nitrogens is 2. The second-order valence-electron chi connectivity index (χ2n) is 5.54. The molecule has 2 bridgehead atoms. The lowest BCUT2D eigenvalue weighted by Crippen LogP contribution is -2.80. The van der Waals surface area contributed by atoms with E-state index in [-0.39, 0.29) is 19.6 Å². The van der Waals surface area contributed by atoms with Crippen molar-refractivity contribution in [1.82, 2.24) is 0 Å². The summed E-state index contributed by atoms with van der Waals surface area (Å²) in [6.45, 7) is 1.02. The Hall–Kier alpha value is -0.910. The van der Waals surface area contributed by atoms with Crippen LogP contribution in [0, 0.1) is 0 Å². The molecule has 20 heavy (non-hydrogen) atoms. The van der Waals surface area contributed by atoms with Gasteiger partial charge in [0.05, 0.1) is 7.05 Å². The van der Waals surface area contributed by atoms with Crippen LogP contribution in [-0.4, -0.2) is 74.8 Å². The van der Waals surface area contributed by atoms with Crippen LogP contribution in [0.2, 0.25) is 0 Å². The van der Waals surface area contributed by atoms with Gasteiger partial charge in [0.25, 0.3) is 5.91 Å². The van der Waals surface area contributed by atoms with Crippen LogP contribution in [0.1, 0.15) is 0 Å². The highest BCUT2D eigenvalue weighted by Crippen LogP contribution is 2.35. The molecule has 2 N–H and O–H groups in total. The molecule has 116 valence electrons. The summed E-state index contributed by atoms with van der Waals surface area (Å²) in [6, 6.07) is -1.10. The minimum Gasteiger partial charge on any atom is -0.364 e. The molecule has 3 aliphatic heterocycles. The molecule has 3 saturated heterocycles. The van der Waals surface area contributed by atoms with Gasteiger partial charge in [0.2, 0.25) is 6.04 Å². The van der Waals surface area contributed by atoms with Crippen LogP contribution in [0.5, 0.6) is 0 Å². The molecular formula is C9H16F3N3O4S+2. The van der Waals surface area contributed by atoms with E-state index in [2.05, 4.69) is 4.28 Å². The number of nitrogens with two attached hydrogens (primary N) is 1. The van der Waals surface area contributed by atoms with Crippen molar-refractivity contribution >= 4 is 16.0 Å².